The average molecular weight is 401 g/mol. The number of sulfonamides is 1. The number of hydrogen-bond donors (Lipinski definition) is 1. The zero-order valence-electron chi connectivity index (χ0n) is 17.0. The lowest BCUT2D eigenvalue weighted by atomic mass is 9.99. The number of rotatable bonds is 4. The summed E-state index contributed by atoms with van der Waals surface area (Å²) in [6.07, 6.45) is 2.11. The van der Waals surface area contributed by atoms with Crippen LogP contribution in [-0.2, 0) is 10.0 Å². The molecule has 2 aromatic rings. The third kappa shape index (κ3) is 4.38. The molecule has 5 nitrogen and oxygen atoms in total. The summed E-state index contributed by atoms with van der Waals surface area (Å²) in [6, 6.07) is 10.4. The summed E-state index contributed by atoms with van der Waals surface area (Å²) >= 11 is 0. The first kappa shape index (κ1) is 20.4. The largest absolute Gasteiger partial charge is 0.338 e. The SMILES string of the molecule is Cc1ccc(NS(=O)(=O)c2cc(C(=O)N3CCCC(C)C3)ccc2C)cc1C. The Morgan fingerprint density at radius 1 is 1.04 bits per heavy atom. The number of carbonyl (C=O) groups is 1. The molecule has 1 heterocycles. The van der Waals surface area contributed by atoms with Crippen LogP contribution in [0.4, 0.5) is 5.69 Å². The number of piperidine rings is 1. The van der Waals surface area contributed by atoms with Gasteiger partial charge in [0.25, 0.3) is 15.9 Å². The third-order valence-electron chi connectivity index (χ3n) is 5.43. The summed E-state index contributed by atoms with van der Waals surface area (Å²) < 4.78 is 28.6. The fourth-order valence-corrected chi connectivity index (χ4v) is 4.92. The van der Waals surface area contributed by atoms with Crippen molar-refractivity contribution < 1.29 is 13.2 Å². The van der Waals surface area contributed by atoms with Crippen LogP contribution in [0.1, 0.15) is 46.8 Å². The van der Waals surface area contributed by atoms with Crippen LogP contribution in [0.5, 0.6) is 0 Å². The number of likely N-dealkylation sites (tertiary alicyclic amines) is 1. The van der Waals surface area contributed by atoms with Gasteiger partial charge in [-0.25, -0.2) is 8.42 Å². The van der Waals surface area contributed by atoms with E-state index in [4.69, 9.17) is 0 Å². The second kappa shape index (κ2) is 7.95. The molecule has 0 spiro atoms. The van der Waals surface area contributed by atoms with Crippen molar-refractivity contribution in [2.75, 3.05) is 17.8 Å². The fourth-order valence-electron chi connectivity index (χ4n) is 3.59. The average Bonchev–Trinajstić information content (AvgIpc) is 2.64. The Morgan fingerprint density at radius 2 is 1.75 bits per heavy atom. The van der Waals surface area contributed by atoms with Gasteiger partial charge in [-0.15, -0.1) is 0 Å². The van der Waals surface area contributed by atoms with Gasteiger partial charge in [0.2, 0.25) is 0 Å². The van der Waals surface area contributed by atoms with Crippen molar-refractivity contribution in [1.82, 2.24) is 4.90 Å². The van der Waals surface area contributed by atoms with Gasteiger partial charge >= 0.3 is 0 Å². The van der Waals surface area contributed by atoms with Gasteiger partial charge in [0.1, 0.15) is 0 Å². The van der Waals surface area contributed by atoms with Crippen LogP contribution >= 0.6 is 0 Å². The molecular weight excluding hydrogens is 372 g/mol. The zero-order chi connectivity index (χ0) is 20.5. The van der Waals surface area contributed by atoms with Crippen LogP contribution in [0.3, 0.4) is 0 Å². The van der Waals surface area contributed by atoms with Gasteiger partial charge in [-0.3, -0.25) is 9.52 Å². The number of anilines is 1. The monoisotopic (exact) mass is 400 g/mol. The number of hydrogen-bond acceptors (Lipinski definition) is 3. The number of aryl methyl sites for hydroxylation is 3. The molecule has 0 aromatic heterocycles. The number of nitrogens with zero attached hydrogens (tertiary/aromatic N) is 1. The van der Waals surface area contributed by atoms with Crippen LogP contribution in [0, 0.1) is 26.7 Å². The number of amides is 1. The van der Waals surface area contributed by atoms with E-state index in [1.165, 1.54) is 6.07 Å². The van der Waals surface area contributed by atoms with E-state index in [-0.39, 0.29) is 10.8 Å². The second-order valence-electron chi connectivity index (χ2n) is 7.88. The number of benzene rings is 2. The van der Waals surface area contributed by atoms with Crippen molar-refractivity contribution in [2.45, 2.75) is 45.4 Å². The highest BCUT2D eigenvalue weighted by Crippen LogP contribution is 2.24. The minimum atomic E-state index is -3.79. The Balaban J connectivity index is 1.89. The Labute approximate surface area is 167 Å². The van der Waals surface area contributed by atoms with Gasteiger partial charge in [0, 0.05) is 24.3 Å². The molecule has 1 fully saturated rings. The van der Waals surface area contributed by atoms with Gasteiger partial charge in [-0.1, -0.05) is 19.1 Å². The lowest BCUT2D eigenvalue weighted by molar-refractivity contribution is 0.0683. The molecule has 1 amide bonds. The lowest BCUT2D eigenvalue weighted by Crippen LogP contribution is -2.39. The smallest absolute Gasteiger partial charge is 0.262 e. The maximum Gasteiger partial charge on any atom is 0.262 e. The van der Waals surface area contributed by atoms with Crippen LogP contribution in [0.25, 0.3) is 0 Å². The van der Waals surface area contributed by atoms with Crippen molar-refractivity contribution in [3.8, 4) is 0 Å². The molecule has 3 rings (SSSR count). The maximum absolute atomic E-state index is 13.0. The molecule has 1 aliphatic rings. The van der Waals surface area contributed by atoms with Crippen molar-refractivity contribution in [2.24, 2.45) is 5.92 Å². The quantitative estimate of drug-likeness (QED) is 0.833. The predicted molar refractivity (Wildman–Crippen MR) is 112 cm³/mol. The summed E-state index contributed by atoms with van der Waals surface area (Å²) in [7, 11) is -3.79. The van der Waals surface area contributed by atoms with E-state index in [2.05, 4.69) is 11.6 Å². The molecule has 2 aromatic carbocycles. The van der Waals surface area contributed by atoms with E-state index in [0.29, 0.717) is 22.7 Å². The molecule has 1 N–H and O–H groups in total. The molecular formula is C22H28N2O3S. The summed E-state index contributed by atoms with van der Waals surface area (Å²) in [4.78, 5) is 14.9. The Bertz CT molecular complexity index is 999. The molecule has 1 aliphatic heterocycles. The van der Waals surface area contributed by atoms with Crippen molar-refractivity contribution in [3.05, 3.63) is 58.7 Å². The van der Waals surface area contributed by atoms with Crippen LogP contribution in [0.2, 0.25) is 0 Å². The van der Waals surface area contributed by atoms with Gasteiger partial charge in [-0.2, -0.15) is 0 Å². The summed E-state index contributed by atoms with van der Waals surface area (Å²) in [5.41, 5.74) is 3.66. The maximum atomic E-state index is 13.0. The van der Waals surface area contributed by atoms with Crippen molar-refractivity contribution >= 4 is 21.6 Å². The Kier molecular flexibility index (Phi) is 5.79. The first-order valence-corrected chi connectivity index (χ1v) is 11.2. The normalized spacial score (nSPS) is 17.4. The standard InChI is InChI=1S/C22H28N2O3S/c1-15-6-5-11-24(14-15)22(25)19-9-7-17(3)21(13-19)28(26,27)23-20-10-8-16(2)18(4)12-20/h7-10,12-13,15,23H,5-6,11,14H2,1-4H3. The molecule has 1 atom stereocenters. The molecule has 1 saturated heterocycles. The van der Waals surface area contributed by atoms with E-state index >= 15 is 0 Å². The highest BCUT2D eigenvalue weighted by Gasteiger charge is 2.24. The molecule has 6 heteroatoms. The van der Waals surface area contributed by atoms with E-state index in [9.17, 15) is 13.2 Å². The molecule has 0 radical (unpaired) electrons. The second-order valence-corrected chi connectivity index (χ2v) is 9.53. The van der Waals surface area contributed by atoms with Crippen LogP contribution in [0.15, 0.2) is 41.3 Å². The lowest BCUT2D eigenvalue weighted by Gasteiger charge is -2.31. The minimum Gasteiger partial charge on any atom is -0.338 e. The van der Waals surface area contributed by atoms with Crippen molar-refractivity contribution in [1.29, 1.82) is 0 Å². The third-order valence-corrected chi connectivity index (χ3v) is 6.95. The Morgan fingerprint density at radius 3 is 2.43 bits per heavy atom. The highest BCUT2D eigenvalue weighted by molar-refractivity contribution is 7.92. The van der Waals surface area contributed by atoms with Crippen molar-refractivity contribution in [3.63, 3.8) is 0 Å². The molecule has 0 bridgehead atoms. The van der Waals surface area contributed by atoms with E-state index in [1.807, 2.05) is 30.9 Å². The van der Waals surface area contributed by atoms with E-state index < -0.39 is 10.0 Å². The predicted octanol–water partition coefficient (Wildman–Crippen LogP) is 4.28. The van der Waals surface area contributed by atoms with Gasteiger partial charge in [0.15, 0.2) is 0 Å². The molecule has 150 valence electrons. The van der Waals surface area contributed by atoms with Crippen LogP contribution in [-0.4, -0.2) is 32.3 Å². The van der Waals surface area contributed by atoms with E-state index in [0.717, 1.165) is 37.1 Å². The highest BCUT2D eigenvalue weighted by atomic mass is 32.2. The summed E-state index contributed by atoms with van der Waals surface area (Å²) in [5, 5.41) is 0. The van der Waals surface area contributed by atoms with Gasteiger partial charge in [-0.05, 0) is 80.5 Å². The summed E-state index contributed by atoms with van der Waals surface area (Å²) in [6.45, 7) is 9.24. The van der Waals surface area contributed by atoms with Gasteiger partial charge < -0.3 is 4.90 Å². The van der Waals surface area contributed by atoms with Crippen LogP contribution < -0.4 is 4.72 Å². The number of carbonyl (C=O) groups excluding carboxylic acids is 1. The molecule has 1 unspecified atom stereocenters. The fraction of sp³-hybridized carbons (Fsp3) is 0.409. The van der Waals surface area contributed by atoms with E-state index in [1.54, 1.807) is 25.1 Å². The number of nitrogens with one attached hydrogen (secondary N) is 1. The van der Waals surface area contributed by atoms with Gasteiger partial charge in [0.05, 0.1) is 4.90 Å². The Hall–Kier alpha value is -2.34. The zero-order valence-corrected chi connectivity index (χ0v) is 17.8. The summed E-state index contributed by atoms with van der Waals surface area (Å²) in [5.74, 6) is 0.368. The topological polar surface area (TPSA) is 66.5 Å². The first-order chi connectivity index (χ1) is 13.2. The molecule has 0 aliphatic carbocycles. The molecule has 0 saturated carbocycles. The first-order valence-electron chi connectivity index (χ1n) is 9.67. The minimum absolute atomic E-state index is 0.103. The molecule has 28 heavy (non-hydrogen) atoms.